The molecule has 0 fully saturated rings. The van der Waals surface area contributed by atoms with Gasteiger partial charge in [0.1, 0.15) is 10.9 Å². The van der Waals surface area contributed by atoms with E-state index >= 15 is 0 Å². The Bertz CT molecular complexity index is 445. The molecule has 0 spiro atoms. The van der Waals surface area contributed by atoms with Crippen molar-refractivity contribution in [2.75, 3.05) is 0 Å². The number of carbonyl (C=O) groups is 2. The molecule has 1 atom stereocenters. The van der Waals surface area contributed by atoms with Gasteiger partial charge in [-0.2, -0.15) is 0 Å². The van der Waals surface area contributed by atoms with Gasteiger partial charge in [-0.15, -0.1) is 11.3 Å². The molecule has 0 saturated carbocycles. The van der Waals surface area contributed by atoms with Crippen LogP contribution in [0, 0.1) is 6.92 Å². The van der Waals surface area contributed by atoms with Gasteiger partial charge in [0.25, 0.3) is 5.91 Å². The smallest absolute Gasteiger partial charge is 0.326 e. The highest BCUT2D eigenvalue weighted by Gasteiger charge is 2.22. The summed E-state index contributed by atoms with van der Waals surface area (Å²) in [6, 6.07) is -0.813. The molecule has 0 saturated heterocycles. The lowest BCUT2D eigenvalue weighted by atomic mass is 10.1. The van der Waals surface area contributed by atoms with Gasteiger partial charge >= 0.3 is 5.97 Å². The van der Waals surface area contributed by atoms with E-state index < -0.39 is 12.0 Å². The Morgan fingerprint density at radius 2 is 2.22 bits per heavy atom. The fourth-order valence-corrected chi connectivity index (χ4v) is 3.04. The number of carboxylic acids is 1. The first-order valence-corrected chi connectivity index (χ1v) is 7.41. The van der Waals surface area contributed by atoms with Gasteiger partial charge in [-0.25, -0.2) is 4.79 Å². The maximum atomic E-state index is 12.0. The van der Waals surface area contributed by atoms with Crippen LogP contribution in [0.3, 0.4) is 0 Å². The number of hydrogen-bond acceptors (Lipinski definition) is 3. The summed E-state index contributed by atoms with van der Waals surface area (Å²) in [4.78, 5) is 23.5. The van der Waals surface area contributed by atoms with E-state index in [-0.39, 0.29) is 5.91 Å². The van der Waals surface area contributed by atoms with Crippen molar-refractivity contribution in [3.63, 3.8) is 0 Å². The van der Waals surface area contributed by atoms with Crippen molar-refractivity contribution in [2.45, 2.75) is 39.2 Å². The number of thiophene rings is 1. The molecule has 0 aliphatic carbocycles. The minimum atomic E-state index is -0.985. The predicted octanol–water partition coefficient (Wildman–Crippen LogP) is 3.19. The fourth-order valence-electron chi connectivity index (χ4n) is 1.47. The molecule has 100 valence electrons. The predicted molar refractivity (Wildman–Crippen MR) is 75.2 cm³/mol. The zero-order chi connectivity index (χ0) is 13.7. The first kappa shape index (κ1) is 15.2. The fraction of sp³-hybridized carbons (Fsp3) is 0.500. The van der Waals surface area contributed by atoms with Gasteiger partial charge < -0.3 is 10.4 Å². The minimum Gasteiger partial charge on any atom is -0.480 e. The lowest BCUT2D eigenvalue weighted by Crippen LogP contribution is -2.40. The lowest BCUT2D eigenvalue weighted by molar-refractivity contribution is -0.139. The van der Waals surface area contributed by atoms with Crippen LogP contribution in [0.4, 0.5) is 0 Å². The summed E-state index contributed by atoms with van der Waals surface area (Å²) in [5, 5.41) is 13.5. The molecule has 1 heterocycles. The van der Waals surface area contributed by atoms with Crippen LogP contribution in [0.1, 0.15) is 41.4 Å². The quantitative estimate of drug-likeness (QED) is 0.840. The third-order valence-corrected chi connectivity index (χ3v) is 4.94. The van der Waals surface area contributed by atoms with Gasteiger partial charge in [0.2, 0.25) is 0 Å². The van der Waals surface area contributed by atoms with Crippen LogP contribution >= 0.6 is 27.3 Å². The second-order valence-electron chi connectivity index (χ2n) is 4.07. The molecule has 0 aromatic carbocycles. The van der Waals surface area contributed by atoms with Crippen LogP contribution in [0.25, 0.3) is 0 Å². The summed E-state index contributed by atoms with van der Waals surface area (Å²) >= 11 is 4.64. The van der Waals surface area contributed by atoms with Gasteiger partial charge in [-0.05, 0) is 40.2 Å². The Balaban J connectivity index is 2.72. The maximum Gasteiger partial charge on any atom is 0.326 e. The Hall–Kier alpha value is -0.880. The number of nitrogens with one attached hydrogen (secondary N) is 1. The van der Waals surface area contributed by atoms with Crippen molar-refractivity contribution in [3.8, 4) is 0 Å². The Labute approximate surface area is 119 Å². The van der Waals surface area contributed by atoms with Crippen LogP contribution in [0.5, 0.6) is 0 Å². The Morgan fingerprint density at radius 3 is 2.67 bits per heavy atom. The standard InChI is InChI=1S/C12H16BrNO3S/c1-3-4-5-8(12(16)17)14-11(15)10-9(13)7(2)6-18-10/h6,8H,3-5H2,1-2H3,(H,14,15)(H,16,17). The number of rotatable bonds is 6. The summed E-state index contributed by atoms with van der Waals surface area (Å²) in [7, 11) is 0. The summed E-state index contributed by atoms with van der Waals surface area (Å²) in [6.07, 6.45) is 2.14. The molecule has 0 aliphatic rings. The molecule has 1 rings (SSSR count). The minimum absolute atomic E-state index is 0.330. The Morgan fingerprint density at radius 1 is 1.56 bits per heavy atom. The number of unbranched alkanes of at least 4 members (excludes halogenated alkanes) is 1. The summed E-state index contributed by atoms with van der Waals surface area (Å²) < 4.78 is 0.740. The number of aryl methyl sites for hydroxylation is 1. The molecular weight excluding hydrogens is 318 g/mol. The van der Waals surface area contributed by atoms with Crippen molar-refractivity contribution >= 4 is 39.1 Å². The van der Waals surface area contributed by atoms with Crippen molar-refractivity contribution < 1.29 is 14.7 Å². The molecule has 1 aromatic rings. The summed E-state index contributed by atoms with van der Waals surface area (Å²) in [5.74, 6) is -1.32. The first-order chi connectivity index (χ1) is 8.47. The number of amides is 1. The maximum absolute atomic E-state index is 12.0. The zero-order valence-electron chi connectivity index (χ0n) is 10.3. The number of halogens is 1. The van der Waals surface area contributed by atoms with E-state index in [0.717, 1.165) is 22.9 Å². The number of hydrogen-bond donors (Lipinski definition) is 2. The lowest BCUT2D eigenvalue weighted by Gasteiger charge is -2.13. The SMILES string of the molecule is CCCCC(NC(=O)c1scc(C)c1Br)C(=O)O. The summed E-state index contributed by atoms with van der Waals surface area (Å²) in [5.41, 5.74) is 0.977. The monoisotopic (exact) mass is 333 g/mol. The third kappa shape index (κ3) is 3.81. The highest BCUT2D eigenvalue weighted by molar-refractivity contribution is 9.10. The highest BCUT2D eigenvalue weighted by atomic mass is 79.9. The van der Waals surface area contributed by atoms with Crippen LogP contribution < -0.4 is 5.32 Å². The van der Waals surface area contributed by atoms with E-state index in [2.05, 4.69) is 21.2 Å². The highest BCUT2D eigenvalue weighted by Crippen LogP contribution is 2.27. The molecule has 0 bridgehead atoms. The van der Waals surface area contributed by atoms with Crippen LogP contribution in [-0.4, -0.2) is 23.0 Å². The van der Waals surface area contributed by atoms with E-state index in [1.165, 1.54) is 11.3 Å². The molecule has 18 heavy (non-hydrogen) atoms. The normalized spacial score (nSPS) is 12.2. The van der Waals surface area contributed by atoms with Gasteiger partial charge in [0, 0.05) is 4.47 Å². The van der Waals surface area contributed by atoms with Gasteiger partial charge in [0.05, 0.1) is 0 Å². The van der Waals surface area contributed by atoms with Gasteiger partial charge in [-0.3, -0.25) is 4.79 Å². The van der Waals surface area contributed by atoms with E-state index in [0.29, 0.717) is 11.3 Å². The van der Waals surface area contributed by atoms with Crippen LogP contribution in [0.2, 0.25) is 0 Å². The van der Waals surface area contributed by atoms with Crippen molar-refractivity contribution in [1.82, 2.24) is 5.32 Å². The molecule has 6 heteroatoms. The van der Waals surface area contributed by atoms with Crippen molar-refractivity contribution in [3.05, 3.63) is 20.3 Å². The molecule has 2 N–H and O–H groups in total. The van der Waals surface area contributed by atoms with E-state index in [9.17, 15) is 9.59 Å². The van der Waals surface area contributed by atoms with Gasteiger partial charge in [-0.1, -0.05) is 19.8 Å². The second kappa shape index (κ2) is 6.89. The van der Waals surface area contributed by atoms with Gasteiger partial charge in [0.15, 0.2) is 0 Å². The topological polar surface area (TPSA) is 66.4 Å². The number of carbonyl (C=O) groups excluding carboxylic acids is 1. The molecule has 1 aromatic heterocycles. The second-order valence-corrected chi connectivity index (χ2v) is 5.74. The average molecular weight is 334 g/mol. The molecule has 0 aliphatic heterocycles. The first-order valence-electron chi connectivity index (χ1n) is 5.74. The molecular formula is C12H16BrNO3S. The molecule has 0 radical (unpaired) electrons. The summed E-state index contributed by atoms with van der Waals surface area (Å²) in [6.45, 7) is 3.88. The molecule has 4 nitrogen and oxygen atoms in total. The largest absolute Gasteiger partial charge is 0.480 e. The van der Waals surface area contributed by atoms with E-state index in [4.69, 9.17) is 5.11 Å². The zero-order valence-corrected chi connectivity index (χ0v) is 12.7. The molecule has 1 amide bonds. The van der Waals surface area contributed by atoms with E-state index in [1.807, 2.05) is 19.2 Å². The number of aliphatic carboxylic acids is 1. The molecule has 1 unspecified atom stereocenters. The van der Waals surface area contributed by atoms with E-state index in [1.54, 1.807) is 0 Å². The third-order valence-electron chi connectivity index (χ3n) is 2.56. The van der Waals surface area contributed by atoms with Crippen molar-refractivity contribution in [1.29, 1.82) is 0 Å². The average Bonchev–Trinajstić information content (AvgIpc) is 2.65. The van der Waals surface area contributed by atoms with Crippen LogP contribution in [0.15, 0.2) is 9.85 Å². The van der Waals surface area contributed by atoms with Crippen LogP contribution in [-0.2, 0) is 4.79 Å². The number of carboxylic acid groups (broad SMARTS) is 1. The Kier molecular flexibility index (Phi) is 5.81. The van der Waals surface area contributed by atoms with Crippen molar-refractivity contribution in [2.24, 2.45) is 0 Å².